The van der Waals surface area contributed by atoms with Crippen LogP contribution in [0.5, 0.6) is 0 Å². The molecule has 0 amide bonds. The predicted molar refractivity (Wildman–Crippen MR) is 90.1 cm³/mol. The Kier molecular flexibility index (Phi) is 3.66. The van der Waals surface area contributed by atoms with Crippen LogP contribution in [0.3, 0.4) is 0 Å². The zero-order valence-corrected chi connectivity index (χ0v) is 13.8. The molecule has 8 heteroatoms. The summed E-state index contributed by atoms with van der Waals surface area (Å²) >= 11 is 0. The lowest BCUT2D eigenvalue weighted by atomic mass is 10.2. The Labute approximate surface area is 138 Å². The molecule has 0 fully saturated rings. The summed E-state index contributed by atoms with van der Waals surface area (Å²) in [4.78, 5) is 11.9. The van der Waals surface area contributed by atoms with Gasteiger partial charge in [0.1, 0.15) is 0 Å². The van der Waals surface area contributed by atoms with E-state index in [1.807, 2.05) is 6.07 Å². The predicted octanol–water partition coefficient (Wildman–Crippen LogP) is 1.55. The molecule has 1 N–H and O–H groups in total. The van der Waals surface area contributed by atoms with Crippen molar-refractivity contribution in [2.75, 3.05) is 4.72 Å². The van der Waals surface area contributed by atoms with Crippen LogP contribution in [-0.2, 0) is 24.1 Å². The van der Waals surface area contributed by atoms with Crippen LogP contribution in [0.2, 0.25) is 0 Å². The van der Waals surface area contributed by atoms with Crippen LogP contribution in [0.4, 0.5) is 5.69 Å². The van der Waals surface area contributed by atoms with Gasteiger partial charge in [-0.2, -0.15) is 5.26 Å². The van der Waals surface area contributed by atoms with Gasteiger partial charge >= 0.3 is 5.69 Å². The maximum absolute atomic E-state index is 12.5. The second-order valence-electron chi connectivity index (χ2n) is 5.35. The molecule has 1 heterocycles. The third kappa shape index (κ3) is 2.55. The van der Waals surface area contributed by atoms with Crippen LogP contribution in [0, 0.1) is 11.3 Å². The zero-order chi connectivity index (χ0) is 17.5. The highest BCUT2D eigenvalue weighted by molar-refractivity contribution is 7.92. The molecule has 7 nitrogen and oxygen atoms in total. The molecule has 3 aromatic rings. The Morgan fingerprint density at radius 3 is 2.46 bits per heavy atom. The second kappa shape index (κ2) is 5.54. The van der Waals surface area contributed by atoms with E-state index in [2.05, 4.69) is 4.72 Å². The smallest absolute Gasteiger partial charge is 0.295 e. The number of hydrogen-bond acceptors (Lipinski definition) is 4. The summed E-state index contributed by atoms with van der Waals surface area (Å²) in [5.74, 6) is 0. The molecule has 0 spiro atoms. The lowest BCUT2D eigenvalue weighted by Crippen LogP contribution is -2.19. The van der Waals surface area contributed by atoms with Crippen LogP contribution in [0.1, 0.15) is 5.56 Å². The van der Waals surface area contributed by atoms with E-state index in [0.29, 0.717) is 16.7 Å². The number of imidazole rings is 1. The van der Waals surface area contributed by atoms with E-state index < -0.39 is 10.0 Å². The van der Waals surface area contributed by atoms with Gasteiger partial charge < -0.3 is 0 Å². The molecular weight excluding hydrogens is 328 g/mol. The standard InChI is InChI=1S/C16H14N4O3S/c1-19-14-7-6-12(9-15(14)20(2)16(19)21)18-24(22,23)13-5-3-4-11(8-13)10-17/h3-9,18H,1-2H3. The average Bonchev–Trinajstić information content (AvgIpc) is 2.79. The molecule has 0 aliphatic heterocycles. The Balaban J connectivity index is 2.04. The number of benzene rings is 2. The molecule has 3 rings (SSSR count). The van der Waals surface area contributed by atoms with E-state index in [-0.39, 0.29) is 16.1 Å². The monoisotopic (exact) mass is 342 g/mol. The first-order chi connectivity index (χ1) is 11.3. The van der Waals surface area contributed by atoms with Crippen LogP contribution < -0.4 is 10.4 Å². The second-order valence-corrected chi connectivity index (χ2v) is 7.03. The van der Waals surface area contributed by atoms with Gasteiger partial charge in [-0.25, -0.2) is 13.2 Å². The van der Waals surface area contributed by atoms with Gasteiger partial charge in [0, 0.05) is 14.1 Å². The maximum Gasteiger partial charge on any atom is 0.328 e. The quantitative estimate of drug-likeness (QED) is 0.781. The summed E-state index contributed by atoms with van der Waals surface area (Å²) in [6.07, 6.45) is 0. The minimum atomic E-state index is -3.83. The van der Waals surface area contributed by atoms with Crippen LogP contribution in [0.15, 0.2) is 52.2 Å². The highest BCUT2D eigenvalue weighted by Gasteiger charge is 2.16. The highest BCUT2D eigenvalue weighted by atomic mass is 32.2. The fourth-order valence-corrected chi connectivity index (χ4v) is 3.61. The molecule has 0 aliphatic rings. The van der Waals surface area contributed by atoms with Crippen molar-refractivity contribution in [3.05, 3.63) is 58.5 Å². The summed E-state index contributed by atoms with van der Waals surface area (Å²) in [7, 11) is -0.547. The summed E-state index contributed by atoms with van der Waals surface area (Å²) in [5, 5.41) is 8.89. The van der Waals surface area contributed by atoms with Crippen molar-refractivity contribution in [3.63, 3.8) is 0 Å². The van der Waals surface area contributed by atoms with Crippen molar-refractivity contribution >= 4 is 26.7 Å². The van der Waals surface area contributed by atoms with Gasteiger partial charge in [-0.15, -0.1) is 0 Å². The van der Waals surface area contributed by atoms with Crippen LogP contribution >= 0.6 is 0 Å². The third-order valence-electron chi connectivity index (χ3n) is 3.80. The van der Waals surface area contributed by atoms with Gasteiger partial charge in [0.05, 0.1) is 33.2 Å². The van der Waals surface area contributed by atoms with E-state index in [1.54, 1.807) is 32.3 Å². The largest absolute Gasteiger partial charge is 0.328 e. The normalized spacial score (nSPS) is 11.4. The summed E-state index contributed by atoms with van der Waals surface area (Å²) in [6.45, 7) is 0. The highest BCUT2D eigenvalue weighted by Crippen LogP contribution is 2.21. The van der Waals surface area contributed by atoms with Crippen molar-refractivity contribution in [2.24, 2.45) is 14.1 Å². The minimum absolute atomic E-state index is 0.00333. The molecule has 1 aromatic heterocycles. The van der Waals surface area contributed by atoms with E-state index in [1.165, 1.54) is 33.4 Å². The zero-order valence-electron chi connectivity index (χ0n) is 13.0. The number of nitrogens with one attached hydrogen (secondary N) is 1. The Morgan fingerprint density at radius 2 is 1.75 bits per heavy atom. The van der Waals surface area contributed by atoms with Crippen molar-refractivity contribution in [2.45, 2.75) is 4.90 Å². The number of fused-ring (bicyclic) bond motifs is 1. The molecular formula is C16H14N4O3S. The fraction of sp³-hybridized carbons (Fsp3) is 0.125. The van der Waals surface area contributed by atoms with E-state index >= 15 is 0 Å². The Hall–Kier alpha value is -3.05. The van der Waals surface area contributed by atoms with Gasteiger partial charge in [-0.05, 0) is 36.4 Å². The topological polar surface area (TPSA) is 96.9 Å². The number of rotatable bonds is 3. The minimum Gasteiger partial charge on any atom is -0.295 e. The Morgan fingerprint density at radius 1 is 1.04 bits per heavy atom. The van der Waals surface area contributed by atoms with Crippen molar-refractivity contribution in [3.8, 4) is 6.07 Å². The first-order valence-corrected chi connectivity index (χ1v) is 8.50. The number of nitrogens with zero attached hydrogens (tertiary/aromatic N) is 3. The molecule has 0 bridgehead atoms. The van der Waals surface area contributed by atoms with Crippen molar-refractivity contribution in [1.82, 2.24) is 9.13 Å². The van der Waals surface area contributed by atoms with Gasteiger partial charge in [0.15, 0.2) is 0 Å². The number of sulfonamides is 1. The molecule has 0 saturated carbocycles. The van der Waals surface area contributed by atoms with E-state index in [0.717, 1.165) is 0 Å². The molecule has 0 atom stereocenters. The van der Waals surface area contributed by atoms with Crippen molar-refractivity contribution < 1.29 is 8.42 Å². The number of anilines is 1. The molecule has 0 radical (unpaired) electrons. The number of aromatic nitrogens is 2. The van der Waals surface area contributed by atoms with Gasteiger partial charge in [0.25, 0.3) is 10.0 Å². The SMILES string of the molecule is Cn1c(=O)n(C)c2cc(NS(=O)(=O)c3cccc(C#N)c3)ccc21. The maximum atomic E-state index is 12.5. The summed E-state index contributed by atoms with van der Waals surface area (Å²) in [6, 6.07) is 12.5. The first kappa shape index (κ1) is 15.8. The summed E-state index contributed by atoms with van der Waals surface area (Å²) in [5.41, 5.74) is 1.74. The van der Waals surface area contributed by atoms with Gasteiger partial charge in [-0.3, -0.25) is 13.9 Å². The lowest BCUT2D eigenvalue weighted by molar-refractivity contribution is 0.601. The van der Waals surface area contributed by atoms with Gasteiger partial charge in [0.2, 0.25) is 0 Å². The third-order valence-corrected chi connectivity index (χ3v) is 5.18. The van der Waals surface area contributed by atoms with Crippen molar-refractivity contribution in [1.29, 1.82) is 5.26 Å². The number of aryl methyl sites for hydroxylation is 2. The summed E-state index contributed by atoms with van der Waals surface area (Å²) < 4.78 is 30.3. The molecule has 122 valence electrons. The molecule has 0 aliphatic carbocycles. The fourth-order valence-electron chi connectivity index (χ4n) is 2.52. The first-order valence-electron chi connectivity index (χ1n) is 7.02. The lowest BCUT2D eigenvalue weighted by Gasteiger charge is -2.09. The van der Waals surface area contributed by atoms with Crippen LogP contribution in [0.25, 0.3) is 11.0 Å². The van der Waals surface area contributed by atoms with Crippen LogP contribution in [-0.4, -0.2) is 17.6 Å². The molecule has 2 aromatic carbocycles. The molecule has 24 heavy (non-hydrogen) atoms. The Bertz CT molecular complexity index is 1150. The number of nitriles is 1. The molecule has 0 saturated heterocycles. The van der Waals surface area contributed by atoms with Gasteiger partial charge in [-0.1, -0.05) is 6.07 Å². The number of hydrogen-bond donors (Lipinski definition) is 1. The van der Waals surface area contributed by atoms with E-state index in [9.17, 15) is 13.2 Å². The molecule has 0 unspecified atom stereocenters. The van der Waals surface area contributed by atoms with E-state index in [4.69, 9.17) is 5.26 Å². The average molecular weight is 342 g/mol.